The van der Waals surface area contributed by atoms with E-state index in [0.29, 0.717) is 41.8 Å². The van der Waals surface area contributed by atoms with Gasteiger partial charge in [-0.25, -0.2) is 9.67 Å². The van der Waals surface area contributed by atoms with E-state index in [9.17, 15) is 4.79 Å². The summed E-state index contributed by atoms with van der Waals surface area (Å²) in [6.07, 6.45) is 4.13. The van der Waals surface area contributed by atoms with Crippen molar-refractivity contribution >= 4 is 11.6 Å². The minimum Gasteiger partial charge on any atom is -0.493 e. The molecule has 2 aromatic carbocycles. The first-order valence-corrected chi connectivity index (χ1v) is 9.58. The molecule has 0 aliphatic rings. The van der Waals surface area contributed by atoms with Crippen molar-refractivity contribution in [3.05, 3.63) is 66.2 Å². The fourth-order valence-electron chi connectivity index (χ4n) is 2.73. The number of benzene rings is 2. The maximum absolute atomic E-state index is 12.6. The number of carbonyl (C=O) groups is 1. The highest BCUT2D eigenvalue weighted by Crippen LogP contribution is 2.29. The Morgan fingerprint density at radius 2 is 1.93 bits per heavy atom. The third-order valence-corrected chi connectivity index (χ3v) is 4.40. The molecule has 0 spiro atoms. The van der Waals surface area contributed by atoms with Crippen molar-refractivity contribution in [2.45, 2.75) is 26.8 Å². The summed E-state index contributed by atoms with van der Waals surface area (Å²) in [5.41, 5.74) is 2.29. The minimum absolute atomic E-state index is 0.207. The average Bonchev–Trinajstić information content (AvgIpc) is 3.22. The number of nitrogens with zero attached hydrogens (tertiary/aromatic N) is 3. The minimum atomic E-state index is -0.207. The molecule has 0 aliphatic carbocycles. The van der Waals surface area contributed by atoms with Gasteiger partial charge in [0.05, 0.1) is 20.3 Å². The number of amides is 1. The highest BCUT2D eigenvalue weighted by molar-refractivity contribution is 6.04. The van der Waals surface area contributed by atoms with Gasteiger partial charge in [-0.15, -0.1) is 0 Å². The molecule has 0 fully saturated rings. The zero-order valence-electron chi connectivity index (χ0n) is 17.0. The van der Waals surface area contributed by atoms with Gasteiger partial charge in [0.2, 0.25) is 0 Å². The molecular weight excluding hydrogens is 368 g/mol. The van der Waals surface area contributed by atoms with Crippen molar-refractivity contribution in [2.75, 3.05) is 19.0 Å². The van der Waals surface area contributed by atoms with E-state index in [4.69, 9.17) is 9.47 Å². The number of anilines is 1. The zero-order valence-corrected chi connectivity index (χ0v) is 17.0. The quantitative estimate of drug-likeness (QED) is 0.593. The van der Waals surface area contributed by atoms with Gasteiger partial charge in [0.25, 0.3) is 5.91 Å². The van der Waals surface area contributed by atoms with Gasteiger partial charge in [-0.3, -0.25) is 4.79 Å². The molecule has 1 heterocycles. The monoisotopic (exact) mass is 394 g/mol. The Balaban J connectivity index is 1.62. The lowest BCUT2D eigenvalue weighted by atomic mass is 10.1. The summed E-state index contributed by atoms with van der Waals surface area (Å²) in [6, 6.07) is 12.8. The summed E-state index contributed by atoms with van der Waals surface area (Å²) in [6.45, 7) is 5.54. The molecule has 0 unspecified atom stereocenters. The van der Waals surface area contributed by atoms with Crippen LogP contribution >= 0.6 is 0 Å². The van der Waals surface area contributed by atoms with Crippen LogP contribution in [0.1, 0.15) is 36.2 Å². The first-order valence-electron chi connectivity index (χ1n) is 9.58. The second-order valence-corrected chi connectivity index (χ2v) is 7.14. The van der Waals surface area contributed by atoms with E-state index in [1.54, 1.807) is 36.3 Å². The lowest BCUT2D eigenvalue weighted by Gasteiger charge is -2.13. The van der Waals surface area contributed by atoms with Gasteiger partial charge >= 0.3 is 0 Å². The van der Waals surface area contributed by atoms with Crippen molar-refractivity contribution in [2.24, 2.45) is 5.92 Å². The third kappa shape index (κ3) is 5.81. The molecule has 1 amide bonds. The van der Waals surface area contributed by atoms with E-state index in [1.807, 2.05) is 24.3 Å². The number of carbonyl (C=O) groups excluding carboxylic acids is 1. The molecule has 3 rings (SSSR count). The summed E-state index contributed by atoms with van der Waals surface area (Å²) in [5.74, 6) is 1.54. The summed E-state index contributed by atoms with van der Waals surface area (Å²) in [4.78, 5) is 16.5. The van der Waals surface area contributed by atoms with Gasteiger partial charge in [0.15, 0.2) is 11.5 Å². The Kier molecular flexibility index (Phi) is 6.84. The van der Waals surface area contributed by atoms with Gasteiger partial charge in [0, 0.05) is 11.3 Å². The van der Waals surface area contributed by atoms with Crippen LogP contribution in [0.2, 0.25) is 0 Å². The fraction of sp³-hybridized carbons (Fsp3) is 0.318. The maximum Gasteiger partial charge on any atom is 0.255 e. The second-order valence-electron chi connectivity index (χ2n) is 7.14. The molecule has 1 N–H and O–H groups in total. The smallest absolute Gasteiger partial charge is 0.255 e. The number of rotatable bonds is 9. The Hall–Kier alpha value is -3.35. The summed E-state index contributed by atoms with van der Waals surface area (Å²) in [7, 11) is 1.57. The van der Waals surface area contributed by atoms with Gasteiger partial charge in [-0.05, 0) is 48.2 Å². The number of hydrogen-bond acceptors (Lipinski definition) is 5. The number of methoxy groups -OCH3 is 1. The van der Waals surface area contributed by atoms with Crippen molar-refractivity contribution in [1.29, 1.82) is 0 Å². The van der Waals surface area contributed by atoms with Gasteiger partial charge in [0.1, 0.15) is 12.7 Å². The molecule has 7 heteroatoms. The Morgan fingerprint density at radius 1 is 1.14 bits per heavy atom. The van der Waals surface area contributed by atoms with Gasteiger partial charge in [-0.2, -0.15) is 5.10 Å². The van der Waals surface area contributed by atoms with Crippen LogP contribution in [0, 0.1) is 5.92 Å². The molecule has 0 saturated heterocycles. The number of aromatic nitrogens is 3. The molecule has 0 atom stereocenters. The number of nitrogens with one attached hydrogen (secondary N) is 1. The van der Waals surface area contributed by atoms with E-state index in [-0.39, 0.29) is 5.91 Å². The normalized spacial score (nSPS) is 10.8. The third-order valence-electron chi connectivity index (χ3n) is 4.40. The van der Waals surface area contributed by atoms with Crippen molar-refractivity contribution in [3.8, 4) is 11.5 Å². The predicted octanol–water partition coefficient (Wildman–Crippen LogP) is 4.01. The largest absolute Gasteiger partial charge is 0.493 e. The molecule has 0 aliphatic heterocycles. The summed E-state index contributed by atoms with van der Waals surface area (Å²) < 4.78 is 12.9. The number of ether oxygens (including phenoxy) is 2. The topological polar surface area (TPSA) is 78.3 Å². The highest BCUT2D eigenvalue weighted by Gasteiger charge is 2.12. The molecular formula is C22H26N4O3. The molecule has 0 radical (unpaired) electrons. The maximum atomic E-state index is 12.6. The Morgan fingerprint density at radius 3 is 2.59 bits per heavy atom. The van der Waals surface area contributed by atoms with Crippen LogP contribution in [0.4, 0.5) is 5.69 Å². The van der Waals surface area contributed by atoms with Crippen LogP contribution in [0.3, 0.4) is 0 Å². The van der Waals surface area contributed by atoms with Gasteiger partial charge < -0.3 is 14.8 Å². The fourth-order valence-corrected chi connectivity index (χ4v) is 2.73. The van der Waals surface area contributed by atoms with Gasteiger partial charge in [-0.1, -0.05) is 26.0 Å². The van der Waals surface area contributed by atoms with Crippen molar-refractivity contribution < 1.29 is 14.3 Å². The first-order chi connectivity index (χ1) is 14.0. The van der Waals surface area contributed by atoms with Crippen LogP contribution in [0.15, 0.2) is 55.1 Å². The highest BCUT2D eigenvalue weighted by atomic mass is 16.5. The van der Waals surface area contributed by atoms with Crippen LogP contribution in [0.25, 0.3) is 0 Å². The summed E-state index contributed by atoms with van der Waals surface area (Å²) >= 11 is 0. The molecule has 0 saturated carbocycles. The standard InChI is InChI=1S/C22H26N4O3/c1-16(2)10-11-29-20-9-6-18(12-21(20)28-3)22(27)25-19-7-4-17(5-8-19)13-26-15-23-14-24-26/h4-9,12,14-16H,10-11,13H2,1-3H3,(H,25,27). The SMILES string of the molecule is COc1cc(C(=O)Nc2ccc(Cn3cncn3)cc2)ccc1OCCC(C)C. The number of hydrogen-bond donors (Lipinski definition) is 1. The van der Waals surface area contributed by atoms with Crippen molar-refractivity contribution in [3.63, 3.8) is 0 Å². The lowest BCUT2D eigenvalue weighted by Crippen LogP contribution is -2.12. The molecule has 29 heavy (non-hydrogen) atoms. The molecule has 1 aromatic heterocycles. The van der Waals surface area contributed by atoms with E-state index in [2.05, 4.69) is 29.2 Å². The molecule has 7 nitrogen and oxygen atoms in total. The molecule has 3 aromatic rings. The Bertz CT molecular complexity index is 922. The van der Waals surface area contributed by atoms with Crippen LogP contribution < -0.4 is 14.8 Å². The van der Waals surface area contributed by atoms with E-state index >= 15 is 0 Å². The van der Waals surface area contributed by atoms with E-state index in [1.165, 1.54) is 6.33 Å². The lowest BCUT2D eigenvalue weighted by molar-refractivity contribution is 0.102. The van der Waals surface area contributed by atoms with Crippen molar-refractivity contribution in [1.82, 2.24) is 14.8 Å². The van der Waals surface area contributed by atoms with Crippen LogP contribution in [0.5, 0.6) is 11.5 Å². The average molecular weight is 394 g/mol. The van der Waals surface area contributed by atoms with E-state index < -0.39 is 0 Å². The Labute approximate surface area is 170 Å². The molecule has 0 bridgehead atoms. The zero-order chi connectivity index (χ0) is 20.6. The van der Waals surface area contributed by atoms with Crippen LogP contribution in [-0.2, 0) is 6.54 Å². The first kappa shape index (κ1) is 20.4. The van der Waals surface area contributed by atoms with Crippen LogP contribution in [-0.4, -0.2) is 34.4 Å². The second kappa shape index (κ2) is 9.73. The predicted molar refractivity (Wildman–Crippen MR) is 111 cm³/mol. The summed E-state index contributed by atoms with van der Waals surface area (Å²) in [5, 5.41) is 6.99. The van der Waals surface area contributed by atoms with E-state index in [0.717, 1.165) is 12.0 Å². The molecule has 152 valence electrons.